The van der Waals surface area contributed by atoms with Crippen molar-refractivity contribution in [1.82, 2.24) is 0 Å². The van der Waals surface area contributed by atoms with E-state index in [1.165, 1.54) is 14.2 Å². The van der Waals surface area contributed by atoms with Gasteiger partial charge in [-0.15, -0.1) is 0 Å². The molecule has 0 aliphatic carbocycles. The Morgan fingerprint density at radius 3 is 2.21 bits per heavy atom. The van der Waals surface area contributed by atoms with Gasteiger partial charge >= 0.3 is 0 Å². The van der Waals surface area contributed by atoms with E-state index in [-0.39, 0.29) is 16.5 Å². The van der Waals surface area contributed by atoms with Crippen molar-refractivity contribution in [3.63, 3.8) is 0 Å². The molecule has 0 spiro atoms. The molecule has 0 saturated carbocycles. The smallest absolute Gasteiger partial charge is 0.283 e. The van der Waals surface area contributed by atoms with Crippen molar-refractivity contribution in [1.29, 1.82) is 0 Å². The number of aryl methyl sites for hydroxylation is 1. The third kappa shape index (κ3) is 6.12. The van der Waals surface area contributed by atoms with Gasteiger partial charge in [-0.1, -0.05) is 47.1 Å². The van der Waals surface area contributed by atoms with Crippen molar-refractivity contribution in [2.75, 3.05) is 29.8 Å². The van der Waals surface area contributed by atoms with Crippen LogP contribution >= 0.6 is 23.4 Å². The molecule has 0 radical (unpaired) electrons. The van der Waals surface area contributed by atoms with Crippen LogP contribution in [0.5, 0.6) is 11.5 Å². The molecular weight excluding hydrogens is 574 g/mol. The van der Waals surface area contributed by atoms with Gasteiger partial charge in [0.25, 0.3) is 17.7 Å². The zero-order chi connectivity index (χ0) is 29.8. The summed E-state index contributed by atoms with van der Waals surface area (Å²) in [5, 5.41) is 6.45. The van der Waals surface area contributed by atoms with E-state index in [0.717, 1.165) is 22.2 Å². The van der Waals surface area contributed by atoms with Crippen LogP contribution in [0.2, 0.25) is 5.02 Å². The van der Waals surface area contributed by atoms with Crippen molar-refractivity contribution < 1.29 is 23.9 Å². The maximum Gasteiger partial charge on any atom is 0.283 e. The van der Waals surface area contributed by atoms with Crippen LogP contribution in [0.25, 0.3) is 0 Å². The number of carbonyl (C=O) groups excluding carboxylic acids is 3. The molecule has 0 unspecified atom stereocenters. The minimum absolute atomic E-state index is 0.144. The summed E-state index contributed by atoms with van der Waals surface area (Å²) >= 11 is 7.15. The maximum absolute atomic E-state index is 13.8. The van der Waals surface area contributed by atoms with Crippen LogP contribution in [0.4, 0.5) is 17.1 Å². The van der Waals surface area contributed by atoms with Crippen molar-refractivity contribution in [2.45, 2.75) is 11.8 Å². The predicted octanol–water partition coefficient (Wildman–Crippen LogP) is 6.91. The number of thioether (sulfide) groups is 1. The molecule has 212 valence electrons. The monoisotopic (exact) mass is 599 g/mol. The molecule has 3 amide bonds. The lowest BCUT2D eigenvalue weighted by atomic mass is 10.2. The van der Waals surface area contributed by atoms with E-state index in [9.17, 15) is 14.4 Å². The highest BCUT2D eigenvalue weighted by Crippen LogP contribution is 2.41. The third-order valence-electron chi connectivity index (χ3n) is 6.41. The second-order valence-corrected chi connectivity index (χ2v) is 10.8. The summed E-state index contributed by atoms with van der Waals surface area (Å²) in [6.07, 6.45) is 0. The molecule has 1 heterocycles. The van der Waals surface area contributed by atoms with Gasteiger partial charge in [-0.25, -0.2) is 4.90 Å². The highest BCUT2D eigenvalue weighted by Gasteiger charge is 2.41. The Morgan fingerprint density at radius 1 is 0.833 bits per heavy atom. The van der Waals surface area contributed by atoms with Gasteiger partial charge in [0.15, 0.2) is 0 Å². The number of imide groups is 1. The summed E-state index contributed by atoms with van der Waals surface area (Å²) in [6, 6.07) is 26.1. The minimum Gasteiger partial charge on any atom is -0.497 e. The molecule has 0 aromatic heterocycles. The van der Waals surface area contributed by atoms with Gasteiger partial charge in [-0.3, -0.25) is 14.4 Å². The second-order valence-electron chi connectivity index (χ2n) is 9.27. The van der Waals surface area contributed by atoms with Gasteiger partial charge in [0, 0.05) is 32.9 Å². The van der Waals surface area contributed by atoms with E-state index < -0.39 is 11.8 Å². The quantitative estimate of drug-likeness (QED) is 0.202. The first-order valence-electron chi connectivity index (χ1n) is 12.8. The molecule has 0 fully saturated rings. The number of methoxy groups -OCH3 is 2. The van der Waals surface area contributed by atoms with E-state index in [0.29, 0.717) is 44.0 Å². The number of hydrogen-bond donors (Lipinski definition) is 2. The van der Waals surface area contributed by atoms with E-state index in [1.54, 1.807) is 66.7 Å². The second kappa shape index (κ2) is 12.4. The predicted molar refractivity (Wildman–Crippen MR) is 166 cm³/mol. The van der Waals surface area contributed by atoms with Crippen LogP contribution in [0.3, 0.4) is 0 Å². The highest BCUT2D eigenvalue weighted by molar-refractivity contribution is 8.04. The van der Waals surface area contributed by atoms with Gasteiger partial charge in [0.05, 0.1) is 19.9 Å². The lowest BCUT2D eigenvalue weighted by molar-refractivity contribution is -0.120. The van der Waals surface area contributed by atoms with E-state index in [2.05, 4.69) is 10.6 Å². The largest absolute Gasteiger partial charge is 0.497 e. The van der Waals surface area contributed by atoms with Crippen LogP contribution in [0.1, 0.15) is 15.9 Å². The van der Waals surface area contributed by atoms with E-state index >= 15 is 0 Å². The first-order valence-corrected chi connectivity index (χ1v) is 14.0. The Labute approximate surface area is 252 Å². The van der Waals surface area contributed by atoms with Gasteiger partial charge < -0.3 is 20.1 Å². The lowest BCUT2D eigenvalue weighted by Gasteiger charge is -2.19. The van der Waals surface area contributed by atoms with Crippen LogP contribution < -0.4 is 25.0 Å². The fourth-order valence-electron chi connectivity index (χ4n) is 4.24. The third-order valence-corrected chi connectivity index (χ3v) is 7.73. The van der Waals surface area contributed by atoms with Crippen LogP contribution in [0.15, 0.2) is 106 Å². The number of halogens is 1. The summed E-state index contributed by atoms with van der Waals surface area (Å²) in [4.78, 5) is 42.2. The molecule has 0 atom stereocenters. The summed E-state index contributed by atoms with van der Waals surface area (Å²) in [6.45, 7) is 1.97. The number of carbonyl (C=O) groups is 3. The fourth-order valence-corrected chi connectivity index (χ4v) is 5.36. The SMILES string of the molecule is COc1ccc(N2C(=O)C(Nc3ccc(C)cc3)=C(Sc3ccc(NC(=O)c4cccc(Cl)c4)cc3)C2=O)c(OC)c1. The number of nitrogens with one attached hydrogen (secondary N) is 2. The molecule has 10 heteroatoms. The number of nitrogens with zero attached hydrogens (tertiary/aromatic N) is 1. The lowest BCUT2D eigenvalue weighted by Crippen LogP contribution is -2.32. The maximum atomic E-state index is 13.8. The van der Waals surface area contributed by atoms with Crippen molar-refractivity contribution in [3.05, 3.63) is 118 Å². The zero-order valence-electron chi connectivity index (χ0n) is 22.9. The van der Waals surface area contributed by atoms with Crippen LogP contribution in [-0.2, 0) is 9.59 Å². The molecule has 2 N–H and O–H groups in total. The van der Waals surface area contributed by atoms with Crippen molar-refractivity contribution >= 4 is 58.1 Å². The standard InChI is InChI=1S/C32H26ClN3O5S/c1-19-7-9-22(10-8-19)34-28-29(32(39)36(31(28)38)26-16-13-24(40-2)18-27(26)41-3)42-25-14-11-23(12-15-25)35-30(37)20-5-4-6-21(33)17-20/h4-18,34H,1-3H3,(H,35,37). The van der Waals surface area contributed by atoms with E-state index in [1.807, 2.05) is 31.2 Å². The number of benzene rings is 4. The molecule has 4 aromatic carbocycles. The normalized spacial score (nSPS) is 12.9. The number of amides is 3. The average Bonchev–Trinajstić information content (AvgIpc) is 3.22. The Hall–Kier alpha value is -4.73. The van der Waals surface area contributed by atoms with Crippen LogP contribution in [-0.4, -0.2) is 31.9 Å². The molecule has 4 aromatic rings. The first kappa shape index (κ1) is 28.8. The Morgan fingerprint density at radius 2 is 1.55 bits per heavy atom. The Bertz CT molecular complexity index is 1700. The number of anilines is 3. The first-order chi connectivity index (χ1) is 20.3. The molecule has 1 aliphatic rings. The highest BCUT2D eigenvalue weighted by atomic mass is 35.5. The van der Waals surface area contributed by atoms with Crippen LogP contribution in [0, 0.1) is 6.92 Å². The minimum atomic E-state index is -0.517. The van der Waals surface area contributed by atoms with Gasteiger partial charge in [0.2, 0.25) is 0 Å². The molecule has 1 aliphatic heterocycles. The molecule has 8 nitrogen and oxygen atoms in total. The molecule has 0 saturated heterocycles. The summed E-state index contributed by atoms with van der Waals surface area (Å²) in [5.74, 6) is -0.473. The number of ether oxygens (including phenoxy) is 2. The molecule has 42 heavy (non-hydrogen) atoms. The number of hydrogen-bond acceptors (Lipinski definition) is 7. The van der Waals surface area contributed by atoms with Crippen molar-refractivity contribution in [2.24, 2.45) is 0 Å². The molecule has 0 bridgehead atoms. The Kier molecular flexibility index (Phi) is 8.51. The topological polar surface area (TPSA) is 97.0 Å². The molecule has 5 rings (SSSR count). The summed E-state index contributed by atoms with van der Waals surface area (Å²) < 4.78 is 10.8. The van der Waals surface area contributed by atoms with Gasteiger partial charge in [0.1, 0.15) is 22.1 Å². The fraction of sp³-hybridized carbons (Fsp3) is 0.0938. The Balaban J connectivity index is 1.44. The molecular formula is C32H26ClN3O5S. The number of rotatable bonds is 9. The van der Waals surface area contributed by atoms with Gasteiger partial charge in [-0.05, 0) is 73.7 Å². The zero-order valence-corrected chi connectivity index (χ0v) is 24.5. The average molecular weight is 600 g/mol. The van der Waals surface area contributed by atoms with E-state index in [4.69, 9.17) is 21.1 Å². The summed E-state index contributed by atoms with van der Waals surface area (Å²) in [5.41, 5.74) is 3.16. The van der Waals surface area contributed by atoms with Gasteiger partial charge in [-0.2, -0.15) is 0 Å². The van der Waals surface area contributed by atoms with Crippen molar-refractivity contribution in [3.8, 4) is 11.5 Å². The summed E-state index contributed by atoms with van der Waals surface area (Å²) in [7, 11) is 2.99.